The average Bonchev–Trinajstić information content (AvgIpc) is 3.21. The number of thiophene rings is 2. The van der Waals surface area contributed by atoms with Crippen LogP contribution in [-0.4, -0.2) is 21.7 Å². The summed E-state index contributed by atoms with van der Waals surface area (Å²) in [6.45, 7) is 1.93. The molecule has 0 saturated heterocycles. The number of aromatic nitrogens is 3. The third-order valence-electron chi connectivity index (χ3n) is 2.99. The van der Waals surface area contributed by atoms with Crippen LogP contribution in [0.3, 0.4) is 0 Å². The first kappa shape index (κ1) is 13.5. The zero-order valence-electron chi connectivity index (χ0n) is 11.0. The van der Waals surface area contributed by atoms with E-state index in [1.807, 2.05) is 11.3 Å². The van der Waals surface area contributed by atoms with Crippen LogP contribution >= 0.6 is 22.7 Å². The highest BCUT2D eigenvalue weighted by molar-refractivity contribution is 7.14. The summed E-state index contributed by atoms with van der Waals surface area (Å²) >= 11 is 3.61. The number of rotatable bonds is 7. The van der Waals surface area contributed by atoms with Gasteiger partial charge in [-0.2, -0.15) is 5.10 Å². The van der Waals surface area contributed by atoms with Crippen molar-refractivity contribution in [1.82, 2.24) is 20.5 Å². The maximum atomic E-state index is 4.11. The molecular weight excluding hydrogens is 288 g/mol. The second-order valence-electron chi connectivity index (χ2n) is 4.49. The molecule has 0 aliphatic rings. The molecule has 3 rings (SSSR count). The molecule has 0 bridgehead atoms. The number of aromatic amines is 1. The molecule has 3 aromatic heterocycles. The minimum absolute atomic E-state index is 0.937. The third kappa shape index (κ3) is 3.53. The van der Waals surface area contributed by atoms with Crippen LogP contribution in [-0.2, 0) is 13.0 Å². The maximum absolute atomic E-state index is 4.11. The molecule has 6 heteroatoms. The van der Waals surface area contributed by atoms with Gasteiger partial charge in [-0.3, -0.25) is 5.10 Å². The Bertz CT molecular complexity index is 613. The Balaban J connectivity index is 1.40. The van der Waals surface area contributed by atoms with Crippen molar-refractivity contribution in [2.24, 2.45) is 0 Å². The molecule has 2 N–H and O–H groups in total. The molecule has 0 atom stereocenters. The number of H-pyrrole nitrogens is 1. The van der Waals surface area contributed by atoms with Gasteiger partial charge in [0.05, 0.1) is 0 Å². The van der Waals surface area contributed by atoms with E-state index in [0.29, 0.717) is 0 Å². The molecule has 0 aliphatic heterocycles. The Kier molecular flexibility index (Phi) is 4.57. The second-order valence-corrected chi connectivity index (χ2v) is 6.43. The lowest BCUT2D eigenvalue weighted by atomic mass is 10.2. The normalized spacial score (nSPS) is 11.0. The van der Waals surface area contributed by atoms with E-state index in [1.165, 1.54) is 15.3 Å². The quantitative estimate of drug-likeness (QED) is 0.658. The molecule has 0 saturated carbocycles. The maximum Gasteiger partial charge on any atom is 0.137 e. The molecule has 0 spiro atoms. The molecule has 0 aromatic carbocycles. The van der Waals surface area contributed by atoms with Gasteiger partial charge in [-0.1, -0.05) is 6.07 Å². The highest BCUT2D eigenvalue weighted by atomic mass is 32.1. The van der Waals surface area contributed by atoms with E-state index in [9.17, 15) is 0 Å². The summed E-state index contributed by atoms with van der Waals surface area (Å²) < 4.78 is 0. The highest BCUT2D eigenvalue weighted by Gasteiger charge is 2.03. The largest absolute Gasteiger partial charge is 0.312 e. The zero-order chi connectivity index (χ0) is 13.6. The van der Waals surface area contributed by atoms with E-state index in [2.05, 4.69) is 49.5 Å². The minimum atomic E-state index is 0.937. The first-order chi connectivity index (χ1) is 9.92. The van der Waals surface area contributed by atoms with Crippen molar-refractivity contribution in [1.29, 1.82) is 0 Å². The van der Waals surface area contributed by atoms with Crippen molar-refractivity contribution >= 4 is 22.7 Å². The van der Waals surface area contributed by atoms with E-state index in [0.717, 1.165) is 31.8 Å². The summed E-state index contributed by atoms with van der Waals surface area (Å²) in [7, 11) is 0. The van der Waals surface area contributed by atoms with Crippen molar-refractivity contribution in [3.05, 3.63) is 46.0 Å². The smallest absolute Gasteiger partial charge is 0.137 e. The molecule has 4 nitrogen and oxygen atoms in total. The summed E-state index contributed by atoms with van der Waals surface area (Å²) in [5, 5.41) is 14.5. The monoisotopic (exact) mass is 304 g/mol. The van der Waals surface area contributed by atoms with Crippen molar-refractivity contribution < 1.29 is 0 Å². The van der Waals surface area contributed by atoms with Crippen molar-refractivity contribution in [3.8, 4) is 10.4 Å². The van der Waals surface area contributed by atoms with Crippen molar-refractivity contribution in [2.45, 2.75) is 19.4 Å². The van der Waals surface area contributed by atoms with Crippen molar-refractivity contribution in [2.75, 3.05) is 6.54 Å². The average molecular weight is 304 g/mol. The second kappa shape index (κ2) is 6.78. The predicted molar refractivity (Wildman–Crippen MR) is 84.0 cm³/mol. The van der Waals surface area contributed by atoms with Gasteiger partial charge in [0, 0.05) is 28.3 Å². The number of aryl methyl sites for hydroxylation is 1. The summed E-state index contributed by atoms with van der Waals surface area (Å²) in [5.74, 6) is 0.961. The molecule has 0 amide bonds. The van der Waals surface area contributed by atoms with E-state index in [1.54, 1.807) is 17.7 Å². The number of hydrogen-bond acceptors (Lipinski definition) is 5. The zero-order valence-corrected chi connectivity index (χ0v) is 12.6. The van der Waals surface area contributed by atoms with Crippen LogP contribution in [0.4, 0.5) is 0 Å². The van der Waals surface area contributed by atoms with Crippen LogP contribution < -0.4 is 5.32 Å². The minimum Gasteiger partial charge on any atom is -0.312 e. The lowest BCUT2D eigenvalue weighted by Gasteiger charge is -2.01. The van der Waals surface area contributed by atoms with Gasteiger partial charge in [0.1, 0.15) is 12.2 Å². The Labute approximate surface area is 125 Å². The van der Waals surface area contributed by atoms with Crippen LogP contribution in [0.15, 0.2) is 35.3 Å². The molecule has 0 radical (unpaired) electrons. The van der Waals surface area contributed by atoms with E-state index < -0.39 is 0 Å². The Hall–Kier alpha value is -1.50. The fourth-order valence-electron chi connectivity index (χ4n) is 1.99. The first-order valence-electron chi connectivity index (χ1n) is 6.58. The van der Waals surface area contributed by atoms with Crippen LogP contribution in [0.1, 0.15) is 17.1 Å². The predicted octanol–water partition coefficient (Wildman–Crippen LogP) is 3.32. The van der Waals surface area contributed by atoms with Gasteiger partial charge in [0.2, 0.25) is 0 Å². The van der Waals surface area contributed by atoms with E-state index >= 15 is 0 Å². The first-order valence-corrected chi connectivity index (χ1v) is 8.34. The Morgan fingerprint density at radius 2 is 2.30 bits per heavy atom. The Morgan fingerprint density at radius 3 is 3.10 bits per heavy atom. The fourth-order valence-corrected chi connectivity index (χ4v) is 3.63. The van der Waals surface area contributed by atoms with Gasteiger partial charge in [-0.25, -0.2) is 4.98 Å². The number of nitrogens with one attached hydrogen (secondary N) is 2. The van der Waals surface area contributed by atoms with Gasteiger partial charge < -0.3 is 5.32 Å². The van der Waals surface area contributed by atoms with Crippen molar-refractivity contribution in [3.63, 3.8) is 0 Å². The molecule has 3 aromatic rings. The van der Waals surface area contributed by atoms with E-state index in [4.69, 9.17) is 0 Å². The molecule has 104 valence electrons. The fraction of sp³-hybridized carbons (Fsp3) is 0.286. The molecule has 20 heavy (non-hydrogen) atoms. The lowest BCUT2D eigenvalue weighted by Crippen LogP contribution is -2.14. The Morgan fingerprint density at radius 1 is 1.30 bits per heavy atom. The molecule has 3 heterocycles. The van der Waals surface area contributed by atoms with Crippen LogP contribution in [0.2, 0.25) is 0 Å². The number of hydrogen-bond donors (Lipinski definition) is 2. The van der Waals surface area contributed by atoms with Gasteiger partial charge in [-0.15, -0.1) is 22.7 Å². The van der Waals surface area contributed by atoms with Crippen LogP contribution in [0, 0.1) is 0 Å². The van der Waals surface area contributed by atoms with E-state index in [-0.39, 0.29) is 0 Å². The molecule has 0 fully saturated rings. The highest BCUT2D eigenvalue weighted by Crippen LogP contribution is 2.29. The van der Waals surface area contributed by atoms with Gasteiger partial charge >= 0.3 is 0 Å². The van der Waals surface area contributed by atoms with Gasteiger partial charge in [0.15, 0.2) is 0 Å². The topological polar surface area (TPSA) is 53.6 Å². The molecule has 0 aliphatic carbocycles. The number of nitrogens with zero attached hydrogens (tertiary/aromatic N) is 2. The summed E-state index contributed by atoms with van der Waals surface area (Å²) in [6, 6.07) is 6.54. The third-order valence-corrected chi connectivity index (χ3v) is 4.85. The molecular formula is C14H16N4S2. The molecule has 0 unspecified atom stereocenters. The summed E-state index contributed by atoms with van der Waals surface area (Å²) in [5.41, 5.74) is 1.34. The standard InChI is InChI=1S/C14H16N4S2/c1(4-14-16-10-17-18-14)5-15-8-12-7-11(9-20-12)13-3-2-6-19-13/h2-3,6-7,9-10,15H,1,4-5,8H2,(H,16,17,18). The van der Waals surface area contributed by atoms with Gasteiger partial charge in [-0.05, 0) is 35.9 Å². The summed E-state index contributed by atoms with van der Waals surface area (Å²) in [6.07, 6.45) is 3.57. The van der Waals surface area contributed by atoms with Crippen LogP contribution in [0.5, 0.6) is 0 Å². The SMILES string of the molecule is c1csc(-c2csc(CNCCCc3ncn[nH]3)c2)c1. The lowest BCUT2D eigenvalue weighted by molar-refractivity contribution is 0.644. The van der Waals surface area contributed by atoms with Crippen LogP contribution in [0.25, 0.3) is 10.4 Å². The van der Waals surface area contributed by atoms with Gasteiger partial charge in [0.25, 0.3) is 0 Å². The summed E-state index contributed by atoms with van der Waals surface area (Å²) in [4.78, 5) is 6.84.